The number of halogens is 1. The molecule has 1 aromatic carbocycles. The Balaban J connectivity index is 2.15. The molecule has 1 aromatic heterocycles. The van der Waals surface area contributed by atoms with Gasteiger partial charge in [0.05, 0.1) is 10.6 Å². The van der Waals surface area contributed by atoms with Crippen LogP contribution in [0.2, 0.25) is 0 Å². The second kappa shape index (κ2) is 6.26. The molecule has 0 aliphatic carbocycles. The van der Waals surface area contributed by atoms with Gasteiger partial charge in [0.15, 0.2) is 0 Å². The zero-order valence-corrected chi connectivity index (χ0v) is 13.7. The van der Waals surface area contributed by atoms with E-state index in [4.69, 9.17) is 0 Å². The van der Waals surface area contributed by atoms with E-state index >= 15 is 0 Å². The third kappa shape index (κ3) is 3.60. The van der Waals surface area contributed by atoms with Crippen LogP contribution in [0, 0.1) is 10.1 Å². The number of hydrogen-bond donors (Lipinski definition) is 1. The van der Waals surface area contributed by atoms with Crippen molar-refractivity contribution < 1.29 is 4.92 Å². The summed E-state index contributed by atoms with van der Waals surface area (Å²) in [5, 5.41) is 18.5. The summed E-state index contributed by atoms with van der Waals surface area (Å²) >= 11 is 3.35. The fourth-order valence-corrected chi connectivity index (χ4v) is 2.64. The molecule has 0 atom stereocenters. The highest BCUT2D eigenvalue weighted by Crippen LogP contribution is 2.28. The number of nitrogens with zero attached hydrogens (tertiary/aromatic N) is 3. The van der Waals surface area contributed by atoms with Gasteiger partial charge in [-0.1, -0.05) is 13.8 Å². The number of nitrogens with one attached hydrogen (secondary N) is 1. The van der Waals surface area contributed by atoms with E-state index in [-0.39, 0.29) is 5.69 Å². The lowest BCUT2D eigenvalue weighted by Crippen LogP contribution is -2.03. The molecule has 0 bridgehead atoms. The highest BCUT2D eigenvalue weighted by Gasteiger charge is 2.13. The Bertz CT molecular complexity index is 667. The summed E-state index contributed by atoms with van der Waals surface area (Å²) in [6, 6.07) is 4.68. The first-order valence-corrected chi connectivity index (χ1v) is 7.38. The summed E-state index contributed by atoms with van der Waals surface area (Å²) in [5.74, 6) is 0.350. The van der Waals surface area contributed by atoms with Crippen LogP contribution >= 0.6 is 15.9 Å². The van der Waals surface area contributed by atoms with E-state index in [1.165, 1.54) is 12.1 Å². The van der Waals surface area contributed by atoms with E-state index in [1.54, 1.807) is 10.7 Å². The van der Waals surface area contributed by atoms with Crippen molar-refractivity contribution in [1.29, 1.82) is 0 Å². The van der Waals surface area contributed by atoms with Gasteiger partial charge in [-0.15, -0.1) is 0 Å². The summed E-state index contributed by atoms with van der Waals surface area (Å²) in [6.45, 7) is 4.83. The van der Waals surface area contributed by atoms with Crippen molar-refractivity contribution in [1.82, 2.24) is 9.78 Å². The van der Waals surface area contributed by atoms with E-state index in [9.17, 15) is 10.1 Å². The number of anilines is 1. The van der Waals surface area contributed by atoms with Crippen LogP contribution in [0.25, 0.3) is 0 Å². The highest BCUT2D eigenvalue weighted by molar-refractivity contribution is 9.10. The van der Waals surface area contributed by atoms with Gasteiger partial charge in [-0.05, 0) is 27.9 Å². The fourth-order valence-electron chi connectivity index (χ4n) is 2.13. The second-order valence-corrected chi connectivity index (χ2v) is 6.00. The lowest BCUT2D eigenvalue weighted by Gasteiger charge is -2.09. The Hall–Kier alpha value is -1.89. The van der Waals surface area contributed by atoms with Crippen LogP contribution in [0.15, 0.2) is 28.9 Å². The largest absolute Gasteiger partial charge is 0.380 e. The van der Waals surface area contributed by atoms with E-state index < -0.39 is 4.92 Å². The molecule has 21 heavy (non-hydrogen) atoms. The zero-order valence-electron chi connectivity index (χ0n) is 12.1. The number of aromatic nitrogens is 2. The number of nitro groups is 1. The van der Waals surface area contributed by atoms with Gasteiger partial charge in [0.25, 0.3) is 5.69 Å². The molecule has 0 unspecified atom stereocenters. The van der Waals surface area contributed by atoms with Crippen molar-refractivity contribution in [3.05, 3.63) is 50.2 Å². The number of nitro benzene ring substituents is 1. The Morgan fingerprint density at radius 3 is 2.76 bits per heavy atom. The Kier molecular flexibility index (Phi) is 4.62. The molecule has 7 heteroatoms. The van der Waals surface area contributed by atoms with Crippen LogP contribution < -0.4 is 5.32 Å². The van der Waals surface area contributed by atoms with E-state index in [0.717, 1.165) is 16.9 Å². The molecular formula is C14H17BrN4O2. The van der Waals surface area contributed by atoms with Gasteiger partial charge < -0.3 is 5.32 Å². The number of non-ortho nitro benzene ring substituents is 1. The Morgan fingerprint density at radius 2 is 2.19 bits per heavy atom. The third-order valence-electron chi connectivity index (χ3n) is 3.12. The van der Waals surface area contributed by atoms with Gasteiger partial charge in [0.1, 0.15) is 0 Å². The predicted molar refractivity (Wildman–Crippen MR) is 85.4 cm³/mol. The van der Waals surface area contributed by atoms with Crippen molar-refractivity contribution in [2.45, 2.75) is 26.3 Å². The summed E-state index contributed by atoms with van der Waals surface area (Å²) in [4.78, 5) is 10.3. The molecule has 0 aliphatic heterocycles. The molecule has 1 N–H and O–H groups in total. The molecule has 2 rings (SSSR count). The van der Waals surface area contributed by atoms with Gasteiger partial charge >= 0.3 is 0 Å². The molecule has 1 heterocycles. The van der Waals surface area contributed by atoms with Crippen LogP contribution in [-0.4, -0.2) is 14.7 Å². The van der Waals surface area contributed by atoms with Crippen LogP contribution in [0.3, 0.4) is 0 Å². The van der Waals surface area contributed by atoms with Gasteiger partial charge in [0, 0.05) is 47.6 Å². The fraction of sp³-hybridized carbons (Fsp3) is 0.357. The quantitative estimate of drug-likeness (QED) is 0.655. The zero-order chi connectivity index (χ0) is 15.6. The topological polar surface area (TPSA) is 73.0 Å². The Morgan fingerprint density at radius 1 is 1.48 bits per heavy atom. The van der Waals surface area contributed by atoms with E-state index in [1.807, 2.05) is 13.2 Å². The number of aryl methyl sites for hydroxylation is 1. The second-order valence-electron chi connectivity index (χ2n) is 5.14. The van der Waals surface area contributed by atoms with Crippen LogP contribution in [-0.2, 0) is 13.6 Å². The van der Waals surface area contributed by atoms with Gasteiger partial charge in [0.2, 0.25) is 0 Å². The smallest absolute Gasteiger partial charge is 0.270 e. The monoisotopic (exact) mass is 352 g/mol. The van der Waals surface area contributed by atoms with Crippen LogP contribution in [0.5, 0.6) is 0 Å². The predicted octanol–water partition coefficient (Wildman–Crippen LogP) is 3.83. The normalized spacial score (nSPS) is 10.9. The molecule has 6 nitrogen and oxygen atoms in total. The first-order chi connectivity index (χ1) is 9.88. The average molecular weight is 353 g/mol. The lowest BCUT2D eigenvalue weighted by molar-refractivity contribution is -0.384. The highest BCUT2D eigenvalue weighted by atomic mass is 79.9. The lowest BCUT2D eigenvalue weighted by atomic mass is 10.1. The van der Waals surface area contributed by atoms with Crippen molar-refractivity contribution in [2.75, 3.05) is 5.32 Å². The maximum Gasteiger partial charge on any atom is 0.270 e. The number of hydrogen-bond acceptors (Lipinski definition) is 4. The summed E-state index contributed by atoms with van der Waals surface area (Å²) < 4.78 is 2.48. The summed E-state index contributed by atoms with van der Waals surface area (Å²) in [5.41, 5.74) is 3.07. The number of benzene rings is 1. The molecule has 0 saturated carbocycles. The first-order valence-electron chi connectivity index (χ1n) is 6.58. The molecule has 0 radical (unpaired) electrons. The minimum absolute atomic E-state index is 0.0664. The van der Waals surface area contributed by atoms with Crippen molar-refractivity contribution in [3.63, 3.8) is 0 Å². The molecule has 2 aromatic rings. The maximum absolute atomic E-state index is 10.7. The first kappa shape index (κ1) is 15.5. The Labute approximate surface area is 131 Å². The van der Waals surface area contributed by atoms with Crippen LogP contribution in [0.4, 0.5) is 11.4 Å². The van der Waals surface area contributed by atoms with Gasteiger partial charge in [-0.25, -0.2) is 0 Å². The minimum atomic E-state index is -0.410. The maximum atomic E-state index is 10.7. The van der Waals surface area contributed by atoms with Gasteiger partial charge in [-0.3, -0.25) is 14.8 Å². The van der Waals surface area contributed by atoms with E-state index in [0.29, 0.717) is 16.9 Å². The molecular weight excluding hydrogens is 336 g/mol. The van der Waals surface area contributed by atoms with Crippen molar-refractivity contribution in [2.24, 2.45) is 7.05 Å². The number of rotatable bonds is 5. The average Bonchev–Trinajstić information content (AvgIpc) is 2.78. The van der Waals surface area contributed by atoms with E-state index in [2.05, 4.69) is 40.2 Å². The molecule has 0 amide bonds. The van der Waals surface area contributed by atoms with Crippen molar-refractivity contribution in [3.8, 4) is 0 Å². The third-order valence-corrected chi connectivity index (χ3v) is 3.77. The molecule has 0 aliphatic rings. The minimum Gasteiger partial charge on any atom is -0.380 e. The SMILES string of the molecule is CC(C)c1nn(C)cc1CNc1ccc([N+](=O)[O-])cc1Br. The van der Waals surface area contributed by atoms with Gasteiger partial charge in [-0.2, -0.15) is 5.10 Å². The standard InChI is InChI=1S/C14H17BrN4O2/c1-9(2)14-10(8-18(3)17-14)7-16-13-5-4-11(19(20)21)6-12(13)15/h4-6,8-9,16H,7H2,1-3H3. The molecule has 112 valence electrons. The summed E-state index contributed by atoms with van der Waals surface area (Å²) in [7, 11) is 1.90. The van der Waals surface area contributed by atoms with Crippen LogP contribution in [0.1, 0.15) is 31.0 Å². The molecule has 0 spiro atoms. The molecule has 0 saturated heterocycles. The molecule has 0 fully saturated rings. The summed E-state index contributed by atoms with van der Waals surface area (Å²) in [6.07, 6.45) is 1.99. The van der Waals surface area contributed by atoms with Crippen molar-refractivity contribution >= 4 is 27.3 Å².